The van der Waals surface area contributed by atoms with Gasteiger partial charge in [-0.1, -0.05) is 0 Å². The van der Waals surface area contributed by atoms with Crippen molar-refractivity contribution in [3.8, 4) is 0 Å². The molecule has 0 aromatic rings. The van der Waals surface area contributed by atoms with Gasteiger partial charge in [-0.15, -0.1) is 0 Å². The molecular formula is C32H56O12S. The van der Waals surface area contributed by atoms with Gasteiger partial charge in [0.15, 0.2) is 24.6 Å². The first-order valence-corrected chi connectivity index (χ1v) is 16.0. The molecule has 13 heteroatoms. The van der Waals surface area contributed by atoms with Gasteiger partial charge in [-0.2, -0.15) is 12.6 Å². The van der Waals surface area contributed by atoms with E-state index in [2.05, 4.69) is 12.6 Å². The van der Waals surface area contributed by atoms with Gasteiger partial charge < -0.3 is 37.9 Å². The van der Waals surface area contributed by atoms with E-state index in [1.807, 2.05) is 0 Å². The number of thiol groups is 1. The molecule has 1 aliphatic heterocycles. The lowest BCUT2D eigenvalue weighted by Gasteiger charge is -2.32. The average molecular weight is 665 g/mol. The summed E-state index contributed by atoms with van der Waals surface area (Å²) in [6, 6.07) is 0. The first kappa shape index (κ1) is 41.1. The van der Waals surface area contributed by atoms with Crippen LogP contribution >= 0.6 is 12.6 Å². The summed E-state index contributed by atoms with van der Waals surface area (Å²) in [6.07, 6.45) is -6.24. The molecule has 1 fully saturated rings. The van der Waals surface area contributed by atoms with Crippen LogP contribution in [0.4, 0.5) is 0 Å². The first-order valence-electron chi connectivity index (χ1n) is 15.3. The number of esters is 4. The van der Waals surface area contributed by atoms with Crippen molar-refractivity contribution in [2.24, 2.45) is 21.7 Å². The van der Waals surface area contributed by atoms with Crippen molar-refractivity contribution in [2.45, 2.75) is 114 Å². The van der Waals surface area contributed by atoms with Crippen LogP contribution in [0.25, 0.3) is 0 Å². The molecule has 45 heavy (non-hydrogen) atoms. The Balaban J connectivity index is 3.46. The third kappa shape index (κ3) is 14.2. The lowest BCUT2D eigenvalue weighted by Crippen LogP contribution is -2.50. The third-order valence-electron chi connectivity index (χ3n) is 6.26. The van der Waals surface area contributed by atoms with Gasteiger partial charge >= 0.3 is 23.9 Å². The first-order chi connectivity index (χ1) is 20.5. The number of carbonyl (C=O) groups is 4. The van der Waals surface area contributed by atoms with Crippen molar-refractivity contribution in [3.05, 3.63) is 0 Å². The predicted octanol–water partition coefficient (Wildman–Crippen LogP) is 4.15. The summed E-state index contributed by atoms with van der Waals surface area (Å²) in [5.41, 5.74) is -3.63. The van der Waals surface area contributed by atoms with Gasteiger partial charge in [0.2, 0.25) is 0 Å². The maximum absolute atomic E-state index is 13.2. The van der Waals surface area contributed by atoms with Crippen LogP contribution < -0.4 is 0 Å². The number of hydrogen-bond donors (Lipinski definition) is 1. The standard InChI is InChI=1S/C32H56O12S/c1-29(2,3)25(33)40-19-20(41-26(34)30(4,5)6)21-22(43-27(35)31(7,8)9)23(44-28(36)32(10,11)12)24(42-21)39-16-15-37-13-14-38-17-18-45/h20-24,45H,13-19H2,1-12H3/t20-,21-,22-,23+,24+/m0/s1. The highest BCUT2D eigenvalue weighted by atomic mass is 32.1. The summed E-state index contributed by atoms with van der Waals surface area (Å²) in [4.78, 5) is 52.2. The molecule has 1 heterocycles. The van der Waals surface area contributed by atoms with Crippen LogP contribution in [-0.2, 0) is 57.1 Å². The van der Waals surface area contributed by atoms with E-state index < -0.39 is 82.8 Å². The zero-order valence-corrected chi connectivity index (χ0v) is 30.1. The van der Waals surface area contributed by atoms with Gasteiger partial charge in [0.05, 0.1) is 54.7 Å². The summed E-state index contributed by atoms with van der Waals surface area (Å²) in [5.74, 6) is -1.76. The molecule has 0 amide bonds. The fourth-order valence-electron chi connectivity index (χ4n) is 3.44. The fraction of sp³-hybridized carbons (Fsp3) is 0.875. The summed E-state index contributed by atoms with van der Waals surface area (Å²) >= 11 is 4.09. The van der Waals surface area contributed by atoms with Crippen LogP contribution in [0, 0.1) is 21.7 Å². The molecule has 1 aliphatic rings. The average Bonchev–Trinajstić information content (AvgIpc) is 3.21. The normalized spacial score (nSPS) is 21.6. The van der Waals surface area contributed by atoms with E-state index in [0.717, 1.165) is 0 Å². The molecule has 0 radical (unpaired) electrons. The number of rotatable bonds is 15. The Hall–Kier alpha value is -1.93. The molecule has 0 saturated carbocycles. The maximum atomic E-state index is 13.2. The van der Waals surface area contributed by atoms with Crippen molar-refractivity contribution in [2.75, 3.05) is 45.4 Å². The van der Waals surface area contributed by atoms with Gasteiger partial charge in [-0.05, 0) is 83.1 Å². The van der Waals surface area contributed by atoms with Crippen molar-refractivity contribution in [3.63, 3.8) is 0 Å². The second-order valence-corrected chi connectivity index (χ2v) is 15.5. The zero-order valence-electron chi connectivity index (χ0n) is 29.2. The highest BCUT2D eigenvalue weighted by molar-refractivity contribution is 7.80. The summed E-state index contributed by atoms with van der Waals surface area (Å²) < 4.78 is 46.3. The van der Waals surface area contributed by atoms with Gasteiger partial charge in [-0.3, -0.25) is 19.2 Å². The Bertz CT molecular complexity index is 971. The Kier molecular flexibility index (Phi) is 15.8. The largest absolute Gasteiger partial charge is 0.461 e. The molecule has 0 N–H and O–H groups in total. The maximum Gasteiger partial charge on any atom is 0.311 e. The molecule has 0 bridgehead atoms. The van der Waals surface area contributed by atoms with E-state index in [1.54, 1.807) is 83.1 Å². The number of hydrogen-bond acceptors (Lipinski definition) is 13. The second-order valence-electron chi connectivity index (χ2n) is 15.1. The summed E-state index contributed by atoms with van der Waals surface area (Å²) in [7, 11) is 0. The zero-order chi connectivity index (χ0) is 34.8. The smallest absolute Gasteiger partial charge is 0.311 e. The summed E-state index contributed by atoms with van der Waals surface area (Å²) in [5, 5.41) is 0. The molecule has 12 nitrogen and oxygen atoms in total. The van der Waals surface area contributed by atoms with Crippen LogP contribution in [0.5, 0.6) is 0 Å². The van der Waals surface area contributed by atoms with Gasteiger partial charge in [0, 0.05) is 5.75 Å². The molecule has 262 valence electrons. The van der Waals surface area contributed by atoms with E-state index >= 15 is 0 Å². The minimum Gasteiger partial charge on any atom is -0.461 e. The van der Waals surface area contributed by atoms with Crippen LogP contribution in [0.2, 0.25) is 0 Å². The highest BCUT2D eigenvalue weighted by Gasteiger charge is 2.56. The molecule has 1 rings (SSSR count). The number of ether oxygens (including phenoxy) is 8. The Morgan fingerprint density at radius 2 is 1.07 bits per heavy atom. The van der Waals surface area contributed by atoms with Crippen LogP contribution in [0.1, 0.15) is 83.1 Å². The summed E-state index contributed by atoms with van der Waals surface area (Å²) in [6.45, 7) is 21.1. The SMILES string of the molecule is CC(C)(C)C(=O)OC[C@H](OC(=O)C(C)(C)C)[C@@H]1O[C@@H](OCCOCCOCCS)[C@H](OC(=O)C(C)(C)C)[C@H]1OC(=O)C(C)(C)C. The minimum absolute atomic E-state index is 0.0267. The third-order valence-corrected chi connectivity index (χ3v) is 6.45. The lowest BCUT2D eigenvalue weighted by atomic mass is 9.95. The minimum atomic E-state index is -1.28. The highest BCUT2D eigenvalue weighted by Crippen LogP contribution is 2.35. The molecule has 0 aromatic carbocycles. The molecule has 1 saturated heterocycles. The van der Waals surface area contributed by atoms with E-state index in [9.17, 15) is 19.2 Å². The molecule has 0 unspecified atom stereocenters. The second kappa shape index (κ2) is 17.3. The van der Waals surface area contributed by atoms with Crippen molar-refractivity contribution >= 4 is 36.5 Å². The Morgan fingerprint density at radius 3 is 1.53 bits per heavy atom. The number of carbonyl (C=O) groups excluding carboxylic acids is 4. The molecule has 0 aromatic heterocycles. The monoisotopic (exact) mass is 664 g/mol. The van der Waals surface area contributed by atoms with E-state index in [-0.39, 0.29) is 13.2 Å². The van der Waals surface area contributed by atoms with Gasteiger partial charge in [0.25, 0.3) is 0 Å². The fourth-order valence-corrected chi connectivity index (χ4v) is 3.57. The van der Waals surface area contributed by atoms with Gasteiger partial charge in [-0.25, -0.2) is 0 Å². The van der Waals surface area contributed by atoms with E-state index in [0.29, 0.717) is 25.6 Å². The topological polar surface area (TPSA) is 142 Å². The van der Waals surface area contributed by atoms with Crippen molar-refractivity contribution in [1.29, 1.82) is 0 Å². The molecule has 0 aliphatic carbocycles. The van der Waals surface area contributed by atoms with E-state index in [1.165, 1.54) is 0 Å². The molecular weight excluding hydrogens is 608 g/mol. The van der Waals surface area contributed by atoms with Crippen molar-refractivity contribution < 1.29 is 57.1 Å². The van der Waals surface area contributed by atoms with Crippen molar-refractivity contribution in [1.82, 2.24) is 0 Å². The Labute approximate surface area is 274 Å². The van der Waals surface area contributed by atoms with E-state index in [4.69, 9.17) is 37.9 Å². The van der Waals surface area contributed by atoms with Crippen LogP contribution in [0.15, 0.2) is 0 Å². The molecule has 0 spiro atoms. The molecule has 5 atom stereocenters. The Morgan fingerprint density at radius 1 is 0.622 bits per heavy atom. The van der Waals surface area contributed by atoms with Crippen LogP contribution in [0.3, 0.4) is 0 Å². The van der Waals surface area contributed by atoms with Crippen LogP contribution in [-0.4, -0.2) is 100.0 Å². The quantitative estimate of drug-likeness (QED) is 0.116. The van der Waals surface area contributed by atoms with Gasteiger partial charge in [0.1, 0.15) is 12.7 Å². The lowest BCUT2D eigenvalue weighted by molar-refractivity contribution is -0.208. The predicted molar refractivity (Wildman–Crippen MR) is 169 cm³/mol.